The maximum Gasteiger partial charge on any atom is 0.342 e. The summed E-state index contributed by atoms with van der Waals surface area (Å²) in [5.74, 6) is 1.55. The van der Waals surface area contributed by atoms with Crippen molar-refractivity contribution < 1.29 is 24.5 Å². The Morgan fingerprint density at radius 3 is 1.75 bits per heavy atom. The second kappa shape index (κ2) is 12.4. The number of nitrogens with zero attached hydrogens (tertiary/aromatic N) is 4. The highest BCUT2D eigenvalue weighted by atomic mass is 16.7. The number of aryl methyl sites for hydroxylation is 4. The second-order valence-corrected chi connectivity index (χ2v) is 10.3. The molecular formula is C32H37N4O4+. The van der Waals surface area contributed by atoms with Gasteiger partial charge in [0, 0.05) is 23.6 Å². The first-order valence-corrected chi connectivity index (χ1v) is 13.6. The van der Waals surface area contributed by atoms with Crippen molar-refractivity contribution in [2.24, 2.45) is 0 Å². The third kappa shape index (κ3) is 6.35. The van der Waals surface area contributed by atoms with Gasteiger partial charge in [0.25, 0.3) is 0 Å². The molecule has 0 bridgehead atoms. The van der Waals surface area contributed by atoms with Crippen molar-refractivity contribution in [2.75, 3.05) is 19.7 Å². The van der Waals surface area contributed by atoms with Crippen molar-refractivity contribution >= 4 is 6.41 Å². The van der Waals surface area contributed by atoms with Crippen LogP contribution in [0.5, 0.6) is 11.5 Å². The molecule has 0 saturated heterocycles. The van der Waals surface area contributed by atoms with Gasteiger partial charge in [0.05, 0.1) is 12.2 Å². The zero-order chi connectivity index (χ0) is 28.9. The number of carbonyl (C=O) groups excluding carboxylic acids is 1. The largest absolute Gasteiger partial charge is 0.507 e. The Morgan fingerprint density at radius 2 is 1.30 bits per heavy atom. The first kappa shape index (κ1) is 28.9. The summed E-state index contributed by atoms with van der Waals surface area (Å²) in [4.78, 5) is 32.4. The first-order chi connectivity index (χ1) is 19.2. The summed E-state index contributed by atoms with van der Waals surface area (Å²) in [7, 11) is 0. The monoisotopic (exact) mass is 541 g/mol. The molecule has 0 aliphatic carbocycles. The highest BCUT2D eigenvalue weighted by molar-refractivity contribution is 5.72. The smallest absolute Gasteiger partial charge is 0.342 e. The fourth-order valence-electron chi connectivity index (χ4n) is 4.76. The number of aromatic hydroxyl groups is 1. The molecule has 208 valence electrons. The van der Waals surface area contributed by atoms with Crippen LogP contribution in [0, 0.1) is 27.7 Å². The third-order valence-electron chi connectivity index (χ3n) is 6.94. The van der Waals surface area contributed by atoms with E-state index in [4.69, 9.17) is 19.8 Å². The van der Waals surface area contributed by atoms with Gasteiger partial charge in [-0.25, -0.2) is 19.7 Å². The highest BCUT2D eigenvalue weighted by Crippen LogP contribution is 2.34. The Hall–Kier alpha value is -4.14. The van der Waals surface area contributed by atoms with Crippen molar-refractivity contribution in [2.45, 2.75) is 47.5 Å². The molecule has 1 aromatic heterocycles. The number of hydroxylamine groups is 3. The van der Waals surface area contributed by atoms with Gasteiger partial charge in [-0.15, -0.1) is 0 Å². The molecule has 0 spiro atoms. The van der Waals surface area contributed by atoms with Gasteiger partial charge >= 0.3 is 6.41 Å². The van der Waals surface area contributed by atoms with E-state index in [-0.39, 0.29) is 23.5 Å². The number of phenols is 1. The Bertz CT molecular complexity index is 1450. The van der Waals surface area contributed by atoms with Gasteiger partial charge in [-0.3, -0.25) is 0 Å². The summed E-state index contributed by atoms with van der Waals surface area (Å²) in [5.41, 5.74) is 6.53. The van der Waals surface area contributed by atoms with E-state index in [2.05, 4.69) is 12.1 Å². The number of amides is 1. The van der Waals surface area contributed by atoms with Gasteiger partial charge < -0.3 is 15.1 Å². The number of hydrogen-bond donors (Lipinski definition) is 2. The van der Waals surface area contributed by atoms with Crippen LogP contribution >= 0.6 is 0 Å². The Labute approximate surface area is 235 Å². The molecule has 0 fully saturated rings. The number of hydrogen-bond acceptors (Lipinski definition) is 7. The maximum atomic E-state index is 12.0. The first-order valence-electron chi connectivity index (χ1n) is 13.6. The number of carbonyl (C=O) groups is 1. The molecule has 1 unspecified atom stereocenters. The van der Waals surface area contributed by atoms with Crippen LogP contribution in [0.25, 0.3) is 34.2 Å². The maximum absolute atomic E-state index is 12.0. The summed E-state index contributed by atoms with van der Waals surface area (Å²) < 4.78 is -0.386. The van der Waals surface area contributed by atoms with Crippen LogP contribution in [-0.2, 0) is 4.79 Å². The lowest BCUT2D eigenvalue weighted by Gasteiger charge is -2.28. The number of phenolic OH excluding ortho intramolecular Hbond substituents is 1. The molecule has 4 rings (SSSR count). The zero-order valence-electron chi connectivity index (χ0n) is 23.8. The van der Waals surface area contributed by atoms with E-state index in [1.54, 1.807) is 12.1 Å². The zero-order valence-corrected chi connectivity index (χ0v) is 23.8. The Kier molecular flexibility index (Phi) is 8.92. The van der Waals surface area contributed by atoms with E-state index < -0.39 is 0 Å². The average molecular weight is 542 g/mol. The fourth-order valence-corrected chi connectivity index (χ4v) is 4.76. The van der Waals surface area contributed by atoms with Gasteiger partial charge in [-0.1, -0.05) is 65.5 Å². The minimum absolute atomic E-state index is 0.0923. The van der Waals surface area contributed by atoms with E-state index in [9.17, 15) is 15.0 Å². The van der Waals surface area contributed by atoms with E-state index in [0.717, 1.165) is 46.2 Å². The molecule has 2 N–H and O–H groups in total. The summed E-state index contributed by atoms with van der Waals surface area (Å²) in [6.07, 6.45) is 2.31. The van der Waals surface area contributed by atoms with Crippen LogP contribution in [0.2, 0.25) is 0 Å². The number of aliphatic hydroxyl groups is 1. The van der Waals surface area contributed by atoms with Crippen molar-refractivity contribution in [1.82, 2.24) is 15.0 Å². The normalized spacial score (nSPS) is 12.7. The van der Waals surface area contributed by atoms with Gasteiger partial charge in [-0.2, -0.15) is 0 Å². The van der Waals surface area contributed by atoms with Crippen molar-refractivity contribution in [1.29, 1.82) is 0 Å². The standard InChI is InChI=1S/C32H36N4O4/c1-6-7-14-36(20-38,15-16-37)40-25-10-13-28(29(39)19-25)32-34-30(26-11-8-21(2)17-23(26)4)33-31(35-32)27-12-9-22(3)18-24(27)5/h8-13,17-20,37H,6-7,14-16H2,1-5H3/p+1. The molecule has 1 amide bonds. The summed E-state index contributed by atoms with van der Waals surface area (Å²) in [6.45, 7) is 10.5. The second-order valence-electron chi connectivity index (χ2n) is 10.3. The van der Waals surface area contributed by atoms with Crippen LogP contribution < -0.4 is 4.84 Å². The Balaban J connectivity index is 1.81. The van der Waals surface area contributed by atoms with E-state index >= 15 is 0 Å². The number of unbranched alkanes of at least 4 members (excludes halogenated alkanes) is 1. The summed E-state index contributed by atoms with van der Waals surface area (Å²) in [6, 6.07) is 17.0. The van der Waals surface area contributed by atoms with Crippen LogP contribution in [0.15, 0.2) is 54.6 Å². The third-order valence-corrected chi connectivity index (χ3v) is 6.94. The molecule has 0 saturated carbocycles. The Morgan fingerprint density at radius 1 is 0.775 bits per heavy atom. The van der Waals surface area contributed by atoms with Crippen molar-refractivity contribution in [3.63, 3.8) is 0 Å². The average Bonchev–Trinajstić information content (AvgIpc) is 2.91. The predicted octanol–water partition coefficient (Wildman–Crippen LogP) is 5.87. The molecule has 40 heavy (non-hydrogen) atoms. The molecule has 0 radical (unpaired) electrons. The van der Waals surface area contributed by atoms with E-state index in [1.807, 2.05) is 58.9 Å². The molecule has 4 aromatic rings. The minimum atomic E-state index is -0.386. The van der Waals surface area contributed by atoms with Crippen LogP contribution in [0.4, 0.5) is 0 Å². The summed E-state index contributed by atoms with van der Waals surface area (Å²) >= 11 is 0. The molecule has 8 nitrogen and oxygen atoms in total. The number of benzene rings is 3. The summed E-state index contributed by atoms with van der Waals surface area (Å²) in [5, 5.41) is 20.6. The van der Waals surface area contributed by atoms with Gasteiger partial charge in [0.2, 0.25) is 0 Å². The lowest BCUT2D eigenvalue weighted by molar-refractivity contribution is -1.01. The molecule has 0 aliphatic heterocycles. The predicted molar refractivity (Wildman–Crippen MR) is 155 cm³/mol. The van der Waals surface area contributed by atoms with E-state index in [0.29, 0.717) is 41.7 Å². The van der Waals surface area contributed by atoms with Crippen LogP contribution in [0.1, 0.15) is 42.0 Å². The van der Waals surface area contributed by atoms with Gasteiger partial charge in [-0.05, 0) is 51.0 Å². The molecule has 0 aliphatic rings. The fraction of sp³-hybridized carbons (Fsp3) is 0.312. The lowest BCUT2D eigenvalue weighted by Crippen LogP contribution is -2.52. The van der Waals surface area contributed by atoms with Crippen LogP contribution in [-0.4, -0.2) is 55.9 Å². The number of quaternary nitrogens is 1. The molecule has 3 aromatic carbocycles. The highest BCUT2D eigenvalue weighted by Gasteiger charge is 2.30. The molecular weight excluding hydrogens is 504 g/mol. The lowest BCUT2D eigenvalue weighted by atomic mass is 10.0. The number of aliphatic hydroxyl groups excluding tert-OH is 1. The van der Waals surface area contributed by atoms with Crippen molar-refractivity contribution in [3.8, 4) is 45.7 Å². The minimum Gasteiger partial charge on any atom is -0.507 e. The molecule has 1 heterocycles. The van der Waals surface area contributed by atoms with E-state index in [1.165, 1.54) is 6.07 Å². The SMILES string of the molecule is CCCC[N+](C=O)(CCO)Oc1ccc(-c2nc(-c3ccc(C)cc3C)nc(-c3ccc(C)cc3C)n2)c(O)c1. The number of aromatic nitrogens is 3. The van der Waals surface area contributed by atoms with Crippen LogP contribution in [0.3, 0.4) is 0 Å². The van der Waals surface area contributed by atoms with Gasteiger partial charge in [0.1, 0.15) is 18.8 Å². The topological polar surface area (TPSA) is 105 Å². The van der Waals surface area contributed by atoms with Crippen molar-refractivity contribution in [3.05, 3.63) is 76.9 Å². The molecule has 1 atom stereocenters. The number of rotatable bonds is 11. The quantitative estimate of drug-likeness (QED) is 0.139. The molecule has 8 heteroatoms. The van der Waals surface area contributed by atoms with Gasteiger partial charge in [0.15, 0.2) is 23.2 Å².